The molecule has 0 fully saturated rings. The van der Waals surface area contributed by atoms with Crippen LogP contribution in [-0.2, 0) is 22.7 Å². The Morgan fingerprint density at radius 3 is 1.04 bits per heavy atom. The summed E-state index contributed by atoms with van der Waals surface area (Å²) < 4.78 is 32.0. The third-order valence-corrected chi connectivity index (χ3v) is 13.8. The maximum absolute atomic E-state index is 14.0. The molecule has 0 bridgehead atoms. The van der Waals surface area contributed by atoms with Gasteiger partial charge in [0.05, 0.1) is 46.9 Å². The summed E-state index contributed by atoms with van der Waals surface area (Å²) in [5, 5.41) is 69.2. The molecule has 2 heterocycles. The molecule has 1 radical (unpaired) electrons. The van der Waals surface area contributed by atoms with Gasteiger partial charge in [0.1, 0.15) is 11.6 Å². The topological polar surface area (TPSA) is 229 Å². The molecule has 2 aromatic heterocycles. The Labute approximate surface area is 540 Å². The predicted molar refractivity (Wildman–Crippen MR) is 321 cm³/mol. The van der Waals surface area contributed by atoms with Gasteiger partial charge in [0.15, 0.2) is 0 Å². The van der Waals surface area contributed by atoms with Crippen LogP contribution in [0.2, 0.25) is 0 Å². The van der Waals surface area contributed by atoms with Gasteiger partial charge in [-0.3, -0.25) is 9.59 Å². The summed E-state index contributed by atoms with van der Waals surface area (Å²) in [6.45, 7) is 8.45. The van der Waals surface area contributed by atoms with E-state index in [-0.39, 0.29) is 130 Å². The summed E-state index contributed by atoms with van der Waals surface area (Å²) in [6.07, 6.45) is -5.54. The van der Waals surface area contributed by atoms with E-state index in [1.54, 1.807) is 48.5 Å². The van der Waals surface area contributed by atoms with Gasteiger partial charge < -0.3 is 60.0 Å². The van der Waals surface area contributed by atoms with Gasteiger partial charge in [-0.05, 0) is 133 Å². The van der Waals surface area contributed by atoms with Crippen molar-refractivity contribution >= 4 is 102 Å². The molecule has 4 atom stereocenters. The number of nitrogens with one attached hydrogen (secondary N) is 2. The van der Waals surface area contributed by atoms with Gasteiger partial charge in [-0.25, -0.2) is 8.78 Å². The molecule has 0 aliphatic heterocycles. The molecule has 2 amide bonds. The molecule has 0 unspecified atom stereocenters. The summed E-state index contributed by atoms with van der Waals surface area (Å²) >= 11 is 0. The van der Waals surface area contributed by atoms with Crippen LogP contribution < -0.4 is 20.8 Å². The van der Waals surface area contributed by atoms with Crippen LogP contribution in [0, 0.1) is 11.6 Å². The second kappa shape index (κ2) is 32.8. The Hall–Kier alpha value is -6.28. The Morgan fingerprint density at radius 1 is 0.452 bits per heavy atom. The number of hydrogen-bond acceptors (Lipinski definition) is 10. The Morgan fingerprint density at radius 2 is 0.750 bits per heavy atom. The van der Waals surface area contributed by atoms with Crippen LogP contribution >= 0.6 is 0 Å². The second-order valence-electron chi connectivity index (χ2n) is 20.8. The van der Waals surface area contributed by atoms with Crippen molar-refractivity contribution in [3.8, 4) is 44.8 Å². The molecule has 0 aliphatic carbocycles. The zero-order valence-electron chi connectivity index (χ0n) is 47.9. The number of carbonyl (C=O) groups is 4. The van der Waals surface area contributed by atoms with E-state index in [0.29, 0.717) is 56.1 Å². The average Bonchev–Trinajstić information content (AvgIpc) is 2.49. The summed E-state index contributed by atoms with van der Waals surface area (Å²) in [5.74, 6) is -4.41. The quantitative estimate of drug-likeness (QED) is 0.0314. The van der Waals surface area contributed by atoms with E-state index in [1.165, 1.54) is 24.3 Å². The molecule has 0 aliphatic rings. The van der Waals surface area contributed by atoms with Crippen LogP contribution in [0.5, 0.6) is 0 Å². The van der Waals surface area contributed by atoms with Crippen LogP contribution in [0.4, 0.5) is 20.2 Å². The summed E-state index contributed by atoms with van der Waals surface area (Å²) in [7, 11) is 0. The molecule has 14 nitrogen and oxygen atoms in total. The van der Waals surface area contributed by atoms with Gasteiger partial charge in [0.2, 0.25) is 0 Å². The van der Waals surface area contributed by atoms with E-state index in [4.69, 9.17) is 0 Å². The van der Waals surface area contributed by atoms with Gasteiger partial charge in [-0.1, -0.05) is 125 Å². The Balaban J connectivity index is 0.000000300. The number of aliphatic hydroxyl groups is 4. The fraction of sp³-hybridized carbons (Fsp3) is 0.273. The fourth-order valence-electron chi connectivity index (χ4n) is 10.4. The minimum atomic E-state index is -1.39. The number of carboxylic acid groups (broad SMARTS) is 2. The number of aliphatic hydroxyl groups excluding tert-OH is 4. The minimum absolute atomic E-state index is 0. The summed E-state index contributed by atoms with van der Waals surface area (Å²) in [6, 6.07) is 49.4. The first kappa shape index (κ1) is 68.5. The fourth-order valence-corrected chi connectivity index (χ4v) is 10.4. The van der Waals surface area contributed by atoms with E-state index >= 15 is 0 Å². The third kappa shape index (κ3) is 18.4. The number of para-hydroxylation sites is 2. The zero-order valence-corrected chi connectivity index (χ0v) is 52.1. The van der Waals surface area contributed by atoms with Crippen molar-refractivity contribution in [1.29, 1.82) is 0 Å². The maximum Gasteiger partial charge on any atom is 2.00 e. The van der Waals surface area contributed by atoms with Crippen molar-refractivity contribution in [3.05, 3.63) is 204 Å². The van der Waals surface area contributed by atoms with Crippen molar-refractivity contribution in [2.45, 2.75) is 116 Å². The first-order valence-electron chi connectivity index (χ1n) is 27.3. The maximum atomic E-state index is 14.0. The molecule has 8 rings (SSSR count). The van der Waals surface area contributed by atoms with Crippen LogP contribution in [0.25, 0.3) is 44.8 Å². The standard InChI is InChI=1S/2C33H35FN2O5.Ca.Na/c2*1-21(2)31-30(33(41)35-25-11-7-4-8-12-25)29(22-9-5-3-6-10-22)32(23-13-15-24(34)16-14-23)36(31)18-17-26(37)19-27(38)20-28(39)40;;/h2*3-16,21,26-27,37-38H,17-20H2,1-2H3,(H,35,41)(H,39,40);;/q;;+2;/p-2/t2*26-,27-;;/m10../s1. The largest absolute Gasteiger partial charge is 2.00 e. The molecule has 8 aromatic rings. The van der Waals surface area contributed by atoms with Crippen molar-refractivity contribution < 1.29 is 58.6 Å². The number of halogens is 2. The van der Waals surface area contributed by atoms with Crippen molar-refractivity contribution in [3.63, 3.8) is 0 Å². The van der Waals surface area contributed by atoms with Gasteiger partial charge in [-0.2, -0.15) is 0 Å². The molecule has 18 heteroatoms. The van der Waals surface area contributed by atoms with E-state index in [9.17, 15) is 58.6 Å². The number of aliphatic carboxylic acids is 2. The smallest absolute Gasteiger partial charge is 0.550 e. The number of aromatic nitrogens is 2. The molecular formula is C66H68CaF2N4NaO10. The monoisotopic (exact) mass is 1180 g/mol. The first-order valence-corrected chi connectivity index (χ1v) is 27.3. The summed E-state index contributed by atoms with van der Waals surface area (Å²) in [4.78, 5) is 49.8. The number of carbonyl (C=O) groups excluding carboxylic acids is 4. The van der Waals surface area contributed by atoms with Crippen molar-refractivity contribution in [1.82, 2.24) is 9.13 Å². The van der Waals surface area contributed by atoms with Crippen LogP contribution in [-0.4, -0.2) is 145 Å². The molecule has 0 saturated carbocycles. The molecule has 429 valence electrons. The predicted octanol–water partition coefficient (Wildman–Crippen LogP) is 9.20. The number of hydrogen-bond donors (Lipinski definition) is 6. The normalized spacial score (nSPS) is 12.4. The average molecular weight is 1180 g/mol. The number of benzene rings is 6. The summed E-state index contributed by atoms with van der Waals surface area (Å²) in [5.41, 5.74) is 9.43. The number of amides is 2. The number of nitrogens with zero attached hydrogens (tertiary/aromatic N) is 2. The molecule has 6 aromatic carbocycles. The van der Waals surface area contributed by atoms with Gasteiger partial charge in [-0.15, -0.1) is 0 Å². The SMILES string of the molecule is CC(C)c1c(C(=O)Nc2ccccc2)c(-c2ccccc2)c(-c2ccc(F)cc2)n1CC[C@@H](O)C[C@@H](O)CC(=O)[O-].CC(C)c1c(C(=O)Nc2ccccc2)c(-c2ccccc2)c(-c2ccc(F)cc2)n1CC[C@H](O)C[C@H](O)CC(=O)[O-].[Ca+2].[Na]. The van der Waals surface area contributed by atoms with E-state index in [2.05, 4.69) is 10.6 Å². The van der Waals surface area contributed by atoms with Crippen LogP contribution in [0.3, 0.4) is 0 Å². The molecular weight excluding hydrogens is 1110 g/mol. The number of carboxylic acids is 2. The molecule has 84 heavy (non-hydrogen) atoms. The molecule has 0 saturated heterocycles. The molecule has 6 N–H and O–H groups in total. The first-order chi connectivity index (χ1) is 39.3. The van der Waals surface area contributed by atoms with Gasteiger partial charge in [0, 0.05) is 101 Å². The van der Waals surface area contributed by atoms with Gasteiger partial charge >= 0.3 is 37.7 Å². The molecule has 0 spiro atoms. The third-order valence-electron chi connectivity index (χ3n) is 13.8. The van der Waals surface area contributed by atoms with Gasteiger partial charge in [0.25, 0.3) is 11.8 Å². The van der Waals surface area contributed by atoms with Crippen molar-refractivity contribution in [2.75, 3.05) is 10.6 Å². The number of anilines is 2. The number of rotatable bonds is 24. The van der Waals surface area contributed by atoms with E-state index in [0.717, 1.165) is 22.5 Å². The Kier molecular flexibility index (Phi) is 26.8. The van der Waals surface area contributed by atoms with Crippen LogP contribution in [0.15, 0.2) is 170 Å². The zero-order chi connectivity index (χ0) is 59.0. The Bertz CT molecular complexity index is 3180. The van der Waals surface area contributed by atoms with Crippen molar-refractivity contribution in [2.24, 2.45) is 0 Å². The second-order valence-corrected chi connectivity index (χ2v) is 20.8. The van der Waals surface area contributed by atoms with E-state index in [1.807, 2.05) is 134 Å². The van der Waals surface area contributed by atoms with E-state index < -0.39 is 60.8 Å². The van der Waals surface area contributed by atoms with Crippen LogP contribution in [0.1, 0.15) is 110 Å². The minimum Gasteiger partial charge on any atom is -0.550 e.